The highest BCUT2D eigenvalue weighted by atomic mass is 127. The SMILES string of the molecule is CNC(=O)C1CCCN(C(=O)c2ccc(I)c(O)c2)C1. The van der Waals surface area contributed by atoms with Gasteiger partial charge in [-0.05, 0) is 53.6 Å². The first-order chi connectivity index (χ1) is 9.52. The van der Waals surface area contributed by atoms with Crippen molar-refractivity contribution < 1.29 is 14.7 Å². The predicted molar refractivity (Wildman–Crippen MR) is 83.5 cm³/mol. The van der Waals surface area contributed by atoms with Crippen molar-refractivity contribution in [3.05, 3.63) is 27.3 Å². The van der Waals surface area contributed by atoms with E-state index in [1.165, 1.54) is 6.07 Å². The van der Waals surface area contributed by atoms with E-state index >= 15 is 0 Å². The number of carbonyl (C=O) groups is 2. The minimum atomic E-state index is -0.143. The number of nitrogens with zero attached hydrogens (tertiary/aromatic N) is 1. The third-order valence-corrected chi connectivity index (χ3v) is 4.43. The van der Waals surface area contributed by atoms with Gasteiger partial charge in [-0.15, -0.1) is 0 Å². The number of hydrogen-bond acceptors (Lipinski definition) is 3. The summed E-state index contributed by atoms with van der Waals surface area (Å²) in [5.41, 5.74) is 0.459. The van der Waals surface area contributed by atoms with Gasteiger partial charge in [0, 0.05) is 25.7 Å². The van der Waals surface area contributed by atoms with E-state index in [1.54, 1.807) is 24.1 Å². The highest BCUT2D eigenvalue weighted by molar-refractivity contribution is 14.1. The number of phenols is 1. The zero-order valence-electron chi connectivity index (χ0n) is 11.2. The fourth-order valence-electron chi connectivity index (χ4n) is 2.41. The van der Waals surface area contributed by atoms with Crippen LogP contribution in [0.15, 0.2) is 18.2 Å². The summed E-state index contributed by atoms with van der Waals surface area (Å²) in [6, 6.07) is 4.89. The molecule has 1 atom stereocenters. The molecule has 2 amide bonds. The van der Waals surface area contributed by atoms with E-state index in [0.717, 1.165) is 12.8 Å². The van der Waals surface area contributed by atoms with Crippen molar-refractivity contribution in [2.75, 3.05) is 20.1 Å². The average Bonchev–Trinajstić information content (AvgIpc) is 2.48. The first-order valence-corrected chi connectivity index (χ1v) is 7.60. The van der Waals surface area contributed by atoms with Crippen LogP contribution in [0, 0.1) is 9.49 Å². The minimum absolute atomic E-state index is 0.0204. The number of piperidine rings is 1. The highest BCUT2D eigenvalue weighted by Gasteiger charge is 2.28. The number of amides is 2. The van der Waals surface area contributed by atoms with Crippen LogP contribution >= 0.6 is 22.6 Å². The van der Waals surface area contributed by atoms with Crippen molar-refractivity contribution >= 4 is 34.4 Å². The van der Waals surface area contributed by atoms with Crippen molar-refractivity contribution in [2.45, 2.75) is 12.8 Å². The molecule has 0 saturated carbocycles. The highest BCUT2D eigenvalue weighted by Crippen LogP contribution is 2.23. The molecule has 0 bridgehead atoms. The van der Waals surface area contributed by atoms with Crippen LogP contribution in [-0.2, 0) is 4.79 Å². The van der Waals surface area contributed by atoms with Crippen molar-refractivity contribution in [1.82, 2.24) is 10.2 Å². The summed E-state index contributed by atoms with van der Waals surface area (Å²) in [6.07, 6.45) is 1.63. The van der Waals surface area contributed by atoms with Crippen LogP contribution in [0.2, 0.25) is 0 Å². The molecule has 1 aliphatic rings. The Hall–Kier alpha value is -1.31. The van der Waals surface area contributed by atoms with Crippen LogP contribution < -0.4 is 5.32 Å². The fraction of sp³-hybridized carbons (Fsp3) is 0.429. The molecule has 1 aromatic carbocycles. The van der Waals surface area contributed by atoms with Crippen molar-refractivity contribution in [1.29, 1.82) is 0 Å². The van der Waals surface area contributed by atoms with Crippen molar-refractivity contribution in [3.63, 3.8) is 0 Å². The maximum atomic E-state index is 12.4. The summed E-state index contributed by atoms with van der Waals surface area (Å²) in [5.74, 6) is -0.190. The zero-order valence-corrected chi connectivity index (χ0v) is 13.4. The molecule has 1 heterocycles. The molecular formula is C14H17IN2O3. The lowest BCUT2D eigenvalue weighted by molar-refractivity contribution is -0.125. The van der Waals surface area contributed by atoms with Crippen molar-refractivity contribution in [2.24, 2.45) is 5.92 Å². The van der Waals surface area contributed by atoms with E-state index in [-0.39, 0.29) is 23.5 Å². The van der Waals surface area contributed by atoms with Gasteiger partial charge in [-0.3, -0.25) is 9.59 Å². The molecule has 1 unspecified atom stereocenters. The Bertz CT molecular complexity index is 533. The Morgan fingerprint density at radius 1 is 1.45 bits per heavy atom. The van der Waals surface area contributed by atoms with Crippen LogP contribution in [0.5, 0.6) is 5.75 Å². The van der Waals surface area contributed by atoms with Gasteiger partial charge in [-0.2, -0.15) is 0 Å². The lowest BCUT2D eigenvalue weighted by atomic mass is 9.96. The van der Waals surface area contributed by atoms with E-state index in [4.69, 9.17) is 0 Å². The topological polar surface area (TPSA) is 69.6 Å². The van der Waals surface area contributed by atoms with Crippen LogP contribution in [0.3, 0.4) is 0 Å². The van der Waals surface area contributed by atoms with Gasteiger partial charge in [-0.25, -0.2) is 0 Å². The van der Waals surface area contributed by atoms with E-state index in [2.05, 4.69) is 5.32 Å². The molecule has 20 heavy (non-hydrogen) atoms. The largest absolute Gasteiger partial charge is 0.507 e. The molecule has 0 radical (unpaired) electrons. The maximum absolute atomic E-state index is 12.4. The normalized spacial score (nSPS) is 18.7. The second kappa shape index (κ2) is 6.43. The molecule has 1 fully saturated rings. The number of halogens is 1. The molecule has 108 valence electrons. The molecule has 1 aliphatic heterocycles. The number of carbonyl (C=O) groups excluding carboxylic acids is 2. The van der Waals surface area contributed by atoms with Gasteiger partial charge in [0.15, 0.2) is 0 Å². The predicted octanol–water partition coefficient (Wildman–Crippen LogP) is 1.59. The lowest BCUT2D eigenvalue weighted by Gasteiger charge is -2.31. The molecule has 2 N–H and O–H groups in total. The number of phenolic OH excluding ortho intramolecular Hbond substituents is 1. The molecular weight excluding hydrogens is 371 g/mol. The second-order valence-corrected chi connectivity index (χ2v) is 6.03. The summed E-state index contributed by atoms with van der Waals surface area (Å²) >= 11 is 2.01. The number of benzene rings is 1. The maximum Gasteiger partial charge on any atom is 0.254 e. The van der Waals surface area contributed by atoms with Crippen LogP contribution in [0.4, 0.5) is 0 Å². The number of rotatable bonds is 2. The summed E-state index contributed by atoms with van der Waals surface area (Å²) in [5, 5.41) is 12.3. The molecule has 1 aromatic rings. The van der Waals surface area contributed by atoms with Gasteiger partial charge >= 0.3 is 0 Å². The molecule has 0 aliphatic carbocycles. The minimum Gasteiger partial charge on any atom is -0.507 e. The molecule has 1 saturated heterocycles. The third-order valence-electron chi connectivity index (χ3n) is 3.52. The van der Waals surface area contributed by atoms with Crippen molar-refractivity contribution in [3.8, 4) is 5.75 Å². The standard InChI is InChI=1S/C14H17IN2O3/c1-16-13(19)10-3-2-6-17(8-10)14(20)9-4-5-11(15)12(18)7-9/h4-5,7,10,18H,2-3,6,8H2,1H3,(H,16,19). The number of hydrogen-bond donors (Lipinski definition) is 2. The molecule has 0 aromatic heterocycles. The summed E-state index contributed by atoms with van der Waals surface area (Å²) in [6.45, 7) is 1.09. The number of likely N-dealkylation sites (tertiary alicyclic amines) is 1. The Balaban J connectivity index is 2.12. The Labute approximate surface area is 131 Å². The zero-order chi connectivity index (χ0) is 14.7. The smallest absolute Gasteiger partial charge is 0.254 e. The van der Waals surface area contributed by atoms with E-state index < -0.39 is 0 Å². The van der Waals surface area contributed by atoms with Gasteiger partial charge in [0.2, 0.25) is 5.91 Å². The summed E-state index contributed by atoms with van der Waals surface area (Å²) in [7, 11) is 1.61. The van der Waals surface area contributed by atoms with Gasteiger partial charge in [0.25, 0.3) is 5.91 Å². The molecule has 2 rings (SSSR count). The first-order valence-electron chi connectivity index (χ1n) is 6.52. The molecule has 6 heteroatoms. The number of nitrogens with one attached hydrogen (secondary N) is 1. The number of aromatic hydroxyl groups is 1. The quantitative estimate of drug-likeness (QED) is 0.757. The van der Waals surface area contributed by atoms with Crippen LogP contribution in [0.1, 0.15) is 23.2 Å². The Morgan fingerprint density at radius 2 is 2.20 bits per heavy atom. The van der Waals surface area contributed by atoms with Gasteiger partial charge in [0.1, 0.15) is 5.75 Å². The fourth-order valence-corrected chi connectivity index (χ4v) is 2.74. The Kier molecular flexibility index (Phi) is 4.85. The van der Waals surface area contributed by atoms with Gasteiger partial charge < -0.3 is 15.3 Å². The molecule has 0 spiro atoms. The first kappa shape index (κ1) is 15.1. The van der Waals surface area contributed by atoms with E-state index in [1.807, 2.05) is 22.6 Å². The monoisotopic (exact) mass is 388 g/mol. The van der Waals surface area contributed by atoms with Crippen LogP contribution in [-0.4, -0.2) is 42.0 Å². The van der Waals surface area contributed by atoms with E-state index in [0.29, 0.717) is 22.2 Å². The van der Waals surface area contributed by atoms with Gasteiger partial charge in [0.05, 0.1) is 9.49 Å². The van der Waals surface area contributed by atoms with Gasteiger partial charge in [-0.1, -0.05) is 0 Å². The Morgan fingerprint density at radius 3 is 2.85 bits per heavy atom. The van der Waals surface area contributed by atoms with E-state index in [9.17, 15) is 14.7 Å². The average molecular weight is 388 g/mol. The third kappa shape index (κ3) is 3.23. The lowest BCUT2D eigenvalue weighted by Crippen LogP contribution is -2.44. The summed E-state index contributed by atoms with van der Waals surface area (Å²) < 4.78 is 0.709. The second-order valence-electron chi connectivity index (χ2n) is 4.87. The summed E-state index contributed by atoms with van der Waals surface area (Å²) in [4.78, 5) is 25.8. The molecule has 5 nitrogen and oxygen atoms in total. The van der Waals surface area contributed by atoms with Crippen LogP contribution in [0.25, 0.3) is 0 Å².